The Bertz CT molecular complexity index is 1180. The summed E-state index contributed by atoms with van der Waals surface area (Å²) < 4.78 is 15.8. The fraction of sp³-hybridized carbons (Fsp3) is 0.0500. The van der Waals surface area contributed by atoms with Gasteiger partial charge in [0.1, 0.15) is 5.82 Å². The van der Waals surface area contributed by atoms with Gasteiger partial charge in [0.25, 0.3) is 0 Å². The molecule has 1 aromatic heterocycles. The average molecular weight is 387 g/mol. The molecule has 4 aromatic rings. The molecular weight excluding hydrogens is 374 g/mol. The first kappa shape index (κ1) is 16.9. The molecule has 0 unspecified atom stereocenters. The molecule has 0 spiro atoms. The number of carbonyl (C=O) groups is 1. The molecule has 0 aliphatic rings. The Kier molecular flexibility index (Phi) is 4.10. The van der Waals surface area contributed by atoms with E-state index in [1.54, 1.807) is 24.3 Å². The largest absolute Gasteiger partial charge is 0.366 e. The minimum atomic E-state index is -0.528. The maximum absolute atomic E-state index is 13.9. The number of hydrogen-bond donors (Lipinski definition) is 1. The van der Waals surface area contributed by atoms with Gasteiger partial charge < -0.3 is 10.3 Å². The van der Waals surface area contributed by atoms with Crippen molar-refractivity contribution in [2.75, 3.05) is 0 Å². The van der Waals surface area contributed by atoms with Gasteiger partial charge in [0.15, 0.2) is 0 Å². The van der Waals surface area contributed by atoms with Crippen LogP contribution in [0.15, 0.2) is 54.6 Å². The van der Waals surface area contributed by atoms with E-state index in [0.717, 1.165) is 16.5 Å². The predicted molar refractivity (Wildman–Crippen MR) is 103 cm³/mol. The van der Waals surface area contributed by atoms with Crippen LogP contribution < -0.4 is 5.73 Å². The van der Waals surface area contributed by atoms with E-state index in [9.17, 15) is 9.18 Å². The van der Waals surface area contributed by atoms with E-state index in [2.05, 4.69) is 0 Å². The molecule has 2 N–H and O–H groups in total. The monoisotopic (exact) mass is 386 g/mol. The minimum absolute atomic E-state index is 0.362. The van der Waals surface area contributed by atoms with Crippen LogP contribution in [-0.4, -0.2) is 10.5 Å². The Morgan fingerprint density at radius 2 is 1.81 bits per heavy atom. The third-order valence-corrected chi connectivity index (χ3v) is 5.34. The SMILES string of the molecule is NC(=O)c1cccc2c1c1ccc(F)cc1n2Cc1cccc(Cl)c1Cl. The summed E-state index contributed by atoms with van der Waals surface area (Å²) >= 11 is 12.5. The van der Waals surface area contributed by atoms with Crippen LogP contribution in [0.4, 0.5) is 4.39 Å². The normalized spacial score (nSPS) is 11.3. The van der Waals surface area contributed by atoms with Crippen LogP contribution in [0.5, 0.6) is 0 Å². The molecule has 0 saturated heterocycles. The lowest BCUT2D eigenvalue weighted by molar-refractivity contribution is 0.100. The first-order valence-electron chi connectivity index (χ1n) is 7.90. The second-order valence-corrected chi connectivity index (χ2v) is 6.81. The van der Waals surface area contributed by atoms with E-state index in [4.69, 9.17) is 28.9 Å². The number of carbonyl (C=O) groups excluding carboxylic acids is 1. The van der Waals surface area contributed by atoms with Crippen LogP contribution in [0, 0.1) is 5.82 Å². The van der Waals surface area contributed by atoms with Gasteiger partial charge in [-0.05, 0) is 42.0 Å². The summed E-state index contributed by atoms with van der Waals surface area (Å²) in [5.74, 6) is -0.890. The number of rotatable bonds is 3. The molecule has 3 aromatic carbocycles. The fourth-order valence-corrected chi connectivity index (χ4v) is 3.71. The number of halogens is 3. The Labute approximate surface area is 158 Å². The van der Waals surface area contributed by atoms with Crippen molar-refractivity contribution in [3.05, 3.63) is 81.6 Å². The number of nitrogens with two attached hydrogens (primary N) is 1. The van der Waals surface area contributed by atoms with Crippen molar-refractivity contribution in [2.45, 2.75) is 6.54 Å². The van der Waals surface area contributed by atoms with Gasteiger partial charge in [-0.2, -0.15) is 0 Å². The Hall–Kier alpha value is -2.56. The van der Waals surface area contributed by atoms with Gasteiger partial charge in [0, 0.05) is 22.9 Å². The predicted octanol–water partition coefficient (Wildman–Crippen LogP) is 5.39. The van der Waals surface area contributed by atoms with Crippen LogP contribution in [0.2, 0.25) is 10.0 Å². The highest BCUT2D eigenvalue weighted by Gasteiger charge is 2.18. The van der Waals surface area contributed by atoms with Crippen molar-refractivity contribution < 1.29 is 9.18 Å². The third kappa shape index (κ3) is 2.62. The van der Waals surface area contributed by atoms with Crippen molar-refractivity contribution in [1.29, 1.82) is 0 Å². The zero-order valence-electron chi connectivity index (χ0n) is 13.5. The van der Waals surface area contributed by atoms with Gasteiger partial charge in [-0.15, -0.1) is 0 Å². The molecule has 0 bridgehead atoms. The van der Waals surface area contributed by atoms with Crippen molar-refractivity contribution in [3.63, 3.8) is 0 Å². The summed E-state index contributed by atoms with van der Waals surface area (Å²) in [5, 5.41) is 2.36. The number of fused-ring (bicyclic) bond motifs is 3. The number of aromatic nitrogens is 1. The van der Waals surface area contributed by atoms with E-state index in [1.165, 1.54) is 12.1 Å². The second kappa shape index (κ2) is 6.31. The lowest BCUT2D eigenvalue weighted by Crippen LogP contribution is -2.11. The summed E-state index contributed by atoms with van der Waals surface area (Å²) in [5.41, 5.74) is 8.17. The van der Waals surface area contributed by atoms with Gasteiger partial charge in [0.2, 0.25) is 5.91 Å². The average Bonchev–Trinajstić information content (AvgIpc) is 2.92. The molecule has 0 aliphatic carbocycles. The van der Waals surface area contributed by atoms with Crippen molar-refractivity contribution >= 4 is 50.9 Å². The van der Waals surface area contributed by atoms with Crippen LogP contribution in [0.25, 0.3) is 21.8 Å². The van der Waals surface area contributed by atoms with Crippen LogP contribution in [0.3, 0.4) is 0 Å². The molecule has 130 valence electrons. The van der Waals surface area contributed by atoms with Crippen LogP contribution in [-0.2, 0) is 6.54 Å². The molecule has 0 saturated carbocycles. The fourth-order valence-electron chi connectivity index (χ4n) is 3.33. The van der Waals surface area contributed by atoms with Gasteiger partial charge in [0.05, 0.1) is 21.1 Å². The molecule has 0 fully saturated rings. The van der Waals surface area contributed by atoms with E-state index in [-0.39, 0.29) is 5.82 Å². The Morgan fingerprint density at radius 1 is 1.04 bits per heavy atom. The highest BCUT2D eigenvalue weighted by atomic mass is 35.5. The quantitative estimate of drug-likeness (QED) is 0.504. The molecule has 0 aliphatic heterocycles. The first-order valence-corrected chi connectivity index (χ1v) is 8.66. The molecule has 6 heteroatoms. The molecule has 4 rings (SSSR count). The zero-order chi connectivity index (χ0) is 18.4. The highest BCUT2D eigenvalue weighted by Crippen LogP contribution is 2.34. The maximum Gasteiger partial charge on any atom is 0.249 e. The molecule has 26 heavy (non-hydrogen) atoms. The number of hydrogen-bond acceptors (Lipinski definition) is 1. The van der Waals surface area contributed by atoms with Gasteiger partial charge in [-0.3, -0.25) is 4.79 Å². The van der Waals surface area contributed by atoms with E-state index >= 15 is 0 Å². The number of benzene rings is 3. The summed E-state index contributed by atoms with van der Waals surface area (Å²) in [6, 6.07) is 15.2. The summed E-state index contributed by atoms with van der Waals surface area (Å²) in [6.45, 7) is 0.380. The Morgan fingerprint density at radius 3 is 2.58 bits per heavy atom. The van der Waals surface area contributed by atoms with Crippen LogP contribution >= 0.6 is 23.2 Å². The smallest absolute Gasteiger partial charge is 0.249 e. The molecule has 1 amide bonds. The zero-order valence-corrected chi connectivity index (χ0v) is 15.0. The summed E-state index contributed by atoms with van der Waals surface area (Å²) in [6.07, 6.45) is 0. The lowest BCUT2D eigenvalue weighted by atomic mass is 10.1. The standard InChI is InChI=1S/C20H13Cl2FN2O/c21-15-5-1-3-11(19(15)22)10-25-16-6-2-4-14(20(24)26)18(16)13-8-7-12(23)9-17(13)25/h1-9H,10H2,(H2,24,26). The molecule has 1 heterocycles. The second-order valence-electron chi connectivity index (χ2n) is 6.02. The minimum Gasteiger partial charge on any atom is -0.366 e. The molecule has 0 radical (unpaired) electrons. The van der Waals surface area contributed by atoms with Crippen LogP contribution in [0.1, 0.15) is 15.9 Å². The topological polar surface area (TPSA) is 48.0 Å². The number of amides is 1. The third-order valence-electron chi connectivity index (χ3n) is 4.48. The molecule has 3 nitrogen and oxygen atoms in total. The highest BCUT2D eigenvalue weighted by molar-refractivity contribution is 6.42. The molecule has 0 atom stereocenters. The van der Waals surface area contributed by atoms with Gasteiger partial charge in [-0.25, -0.2) is 4.39 Å². The molecular formula is C20H13Cl2FN2O. The lowest BCUT2D eigenvalue weighted by Gasteiger charge is -2.10. The van der Waals surface area contributed by atoms with E-state index in [0.29, 0.717) is 33.1 Å². The van der Waals surface area contributed by atoms with Crippen molar-refractivity contribution in [3.8, 4) is 0 Å². The Balaban J connectivity index is 2.07. The maximum atomic E-state index is 13.9. The van der Waals surface area contributed by atoms with Crippen molar-refractivity contribution in [1.82, 2.24) is 4.57 Å². The van der Waals surface area contributed by atoms with Gasteiger partial charge >= 0.3 is 0 Å². The number of primary amides is 1. The summed E-state index contributed by atoms with van der Waals surface area (Å²) in [4.78, 5) is 11.9. The van der Waals surface area contributed by atoms with Crippen molar-refractivity contribution in [2.24, 2.45) is 5.73 Å². The number of nitrogens with zero attached hydrogens (tertiary/aromatic N) is 1. The van der Waals surface area contributed by atoms with E-state index in [1.807, 2.05) is 22.8 Å². The first-order chi connectivity index (χ1) is 12.5. The summed E-state index contributed by atoms with van der Waals surface area (Å²) in [7, 11) is 0. The van der Waals surface area contributed by atoms with E-state index < -0.39 is 5.91 Å². The van der Waals surface area contributed by atoms with Gasteiger partial charge in [-0.1, -0.05) is 41.4 Å².